The standard InChI is InChI=1S/C13H15N3O/c1-2-13-12(10-17)14-15-16(13)9-8-11-6-4-3-5-7-11/h3-7,10H,2,8-9H2,1H3. The van der Waals surface area contributed by atoms with Gasteiger partial charge in [0.25, 0.3) is 0 Å². The highest BCUT2D eigenvalue weighted by Crippen LogP contribution is 2.07. The Balaban J connectivity index is 2.09. The molecule has 0 fully saturated rings. The van der Waals surface area contributed by atoms with Crippen LogP contribution in [-0.2, 0) is 19.4 Å². The molecule has 0 aliphatic rings. The molecule has 1 heterocycles. The Labute approximate surface area is 100 Å². The summed E-state index contributed by atoms with van der Waals surface area (Å²) in [6.45, 7) is 2.76. The topological polar surface area (TPSA) is 47.8 Å². The minimum absolute atomic E-state index is 0.459. The van der Waals surface area contributed by atoms with E-state index in [1.165, 1.54) is 5.56 Å². The number of aromatic nitrogens is 3. The van der Waals surface area contributed by atoms with Gasteiger partial charge < -0.3 is 0 Å². The lowest BCUT2D eigenvalue weighted by molar-refractivity contribution is 0.111. The molecule has 88 valence electrons. The lowest BCUT2D eigenvalue weighted by atomic mass is 10.1. The van der Waals surface area contributed by atoms with Crippen LogP contribution in [0, 0.1) is 0 Å². The Hall–Kier alpha value is -1.97. The van der Waals surface area contributed by atoms with Crippen LogP contribution in [0.3, 0.4) is 0 Å². The highest BCUT2D eigenvalue weighted by atomic mass is 16.1. The number of aldehydes is 1. The van der Waals surface area contributed by atoms with Gasteiger partial charge in [-0.25, -0.2) is 4.68 Å². The molecule has 0 aliphatic heterocycles. The molecule has 0 saturated carbocycles. The molecule has 2 aromatic rings. The first kappa shape index (κ1) is 11.5. The molecule has 0 radical (unpaired) electrons. The van der Waals surface area contributed by atoms with Crippen molar-refractivity contribution in [3.63, 3.8) is 0 Å². The number of carbonyl (C=O) groups is 1. The molecule has 0 amide bonds. The summed E-state index contributed by atoms with van der Waals surface area (Å²) >= 11 is 0. The lowest BCUT2D eigenvalue weighted by Crippen LogP contribution is -2.07. The Morgan fingerprint density at radius 3 is 2.71 bits per heavy atom. The first-order valence-electron chi connectivity index (χ1n) is 5.76. The van der Waals surface area contributed by atoms with Gasteiger partial charge in [-0.15, -0.1) is 5.10 Å². The SMILES string of the molecule is CCc1c(C=O)nnn1CCc1ccccc1. The molecule has 17 heavy (non-hydrogen) atoms. The van der Waals surface area contributed by atoms with Crippen molar-refractivity contribution >= 4 is 6.29 Å². The van der Waals surface area contributed by atoms with E-state index in [1.807, 2.05) is 29.8 Å². The number of rotatable bonds is 5. The van der Waals surface area contributed by atoms with Crippen LogP contribution in [0.5, 0.6) is 0 Å². The van der Waals surface area contributed by atoms with Crippen LogP contribution in [-0.4, -0.2) is 21.3 Å². The molecule has 0 N–H and O–H groups in total. The lowest BCUT2D eigenvalue weighted by Gasteiger charge is -2.04. The Bertz CT molecular complexity index is 491. The molecule has 2 rings (SSSR count). The minimum atomic E-state index is 0.459. The number of benzene rings is 1. The van der Waals surface area contributed by atoms with Crippen molar-refractivity contribution in [3.8, 4) is 0 Å². The van der Waals surface area contributed by atoms with Gasteiger partial charge in [0.15, 0.2) is 6.29 Å². The van der Waals surface area contributed by atoms with Crippen molar-refractivity contribution in [2.45, 2.75) is 26.3 Å². The fraction of sp³-hybridized carbons (Fsp3) is 0.308. The van der Waals surface area contributed by atoms with E-state index in [9.17, 15) is 4.79 Å². The zero-order valence-electron chi connectivity index (χ0n) is 9.84. The molecular formula is C13H15N3O. The Morgan fingerprint density at radius 1 is 1.29 bits per heavy atom. The van der Waals surface area contributed by atoms with Gasteiger partial charge in [0.1, 0.15) is 5.69 Å². The molecule has 0 atom stereocenters. The summed E-state index contributed by atoms with van der Waals surface area (Å²) in [5.41, 5.74) is 2.63. The van der Waals surface area contributed by atoms with Gasteiger partial charge in [-0.2, -0.15) is 0 Å². The van der Waals surface area contributed by atoms with Gasteiger partial charge >= 0.3 is 0 Å². The van der Waals surface area contributed by atoms with Gasteiger partial charge in [-0.1, -0.05) is 42.5 Å². The number of nitrogens with zero attached hydrogens (tertiary/aromatic N) is 3. The normalized spacial score (nSPS) is 10.4. The van der Waals surface area contributed by atoms with Crippen molar-refractivity contribution < 1.29 is 4.79 Å². The minimum Gasteiger partial charge on any atom is -0.296 e. The summed E-state index contributed by atoms with van der Waals surface area (Å²) in [5, 5.41) is 7.87. The predicted octanol–water partition coefficient (Wildman–Crippen LogP) is 1.90. The van der Waals surface area contributed by atoms with Gasteiger partial charge in [0.05, 0.1) is 5.69 Å². The monoisotopic (exact) mass is 229 g/mol. The summed E-state index contributed by atoms with van der Waals surface area (Å²) in [6.07, 6.45) is 2.44. The summed E-state index contributed by atoms with van der Waals surface area (Å²) in [5.74, 6) is 0. The molecule has 0 saturated heterocycles. The Morgan fingerprint density at radius 2 is 2.06 bits per heavy atom. The summed E-state index contributed by atoms with van der Waals surface area (Å²) in [6, 6.07) is 10.2. The first-order valence-corrected chi connectivity index (χ1v) is 5.76. The van der Waals surface area contributed by atoms with Crippen molar-refractivity contribution in [2.75, 3.05) is 0 Å². The van der Waals surface area contributed by atoms with Crippen LogP contribution in [0.1, 0.15) is 28.7 Å². The van der Waals surface area contributed by atoms with E-state index in [4.69, 9.17) is 0 Å². The molecule has 0 bridgehead atoms. The van der Waals surface area contributed by atoms with Crippen LogP contribution in [0.2, 0.25) is 0 Å². The molecule has 1 aromatic heterocycles. The molecule has 0 unspecified atom stereocenters. The molecule has 4 heteroatoms. The van der Waals surface area contributed by atoms with Crippen LogP contribution in [0.25, 0.3) is 0 Å². The fourth-order valence-electron chi connectivity index (χ4n) is 1.86. The van der Waals surface area contributed by atoms with E-state index < -0.39 is 0 Å². The summed E-state index contributed by atoms with van der Waals surface area (Å²) in [4.78, 5) is 10.8. The van der Waals surface area contributed by atoms with Crippen molar-refractivity contribution in [3.05, 3.63) is 47.3 Å². The van der Waals surface area contributed by atoms with Crippen LogP contribution in [0.4, 0.5) is 0 Å². The highest BCUT2D eigenvalue weighted by Gasteiger charge is 2.09. The van der Waals surface area contributed by atoms with E-state index in [1.54, 1.807) is 0 Å². The zero-order valence-corrected chi connectivity index (χ0v) is 9.84. The van der Waals surface area contributed by atoms with E-state index in [-0.39, 0.29) is 0 Å². The van der Waals surface area contributed by atoms with Crippen LogP contribution < -0.4 is 0 Å². The van der Waals surface area contributed by atoms with Gasteiger partial charge in [0, 0.05) is 6.54 Å². The van der Waals surface area contributed by atoms with E-state index in [0.717, 1.165) is 31.4 Å². The third-order valence-electron chi connectivity index (χ3n) is 2.77. The fourth-order valence-corrected chi connectivity index (χ4v) is 1.86. The quantitative estimate of drug-likeness (QED) is 0.736. The maximum Gasteiger partial charge on any atom is 0.172 e. The van der Waals surface area contributed by atoms with Crippen molar-refractivity contribution in [1.82, 2.24) is 15.0 Å². The van der Waals surface area contributed by atoms with E-state index in [0.29, 0.717) is 5.69 Å². The van der Waals surface area contributed by atoms with Gasteiger partial charge in [-0.05, 0) is 18.4 Å². The zero-order chi connectivity index (χ0) is 12.1. The molecule has 0 spiro atoms. The second-order valence-corrected chi connectivity index (χ2v) is 3.85. The largest absolute Gasteiger partial charge is 0.296 e. The number of carbonyl (C=O) groups excluding carboxylic acids is 1. The summed E-state index contributed by atoms with van der Waals surface area (Å²) < 4.78 is 1.82. The first-order chi connectivity index (χ1) is 8.35. The second-order valence-electron chi connectivity index (χ2n) is 3.85. The number of hydrogen-bond acceptors (Lipinski definition) is 3. The van der Waals surface area contributed by atoms with E-state index >= 15 is 0 Å². The molecular weight excluding hydrogens is 214 g/mol. The molecule has 1 aromatic carbocycles. The Kier molecular flexibility index (Phi) is 3.65. The van der Waals surface area contributed by atoms with Gasteiger partial charge in [-0.3, -0.25) is 4.79 Å². The molecule has 4 nitrogen and oxygen atoms in total. The van der Waals surface area contributed by atoms with Gasteiger partial charge in [0.2, 0.25) is 0 Å². The number of hydrogen-bond donors (Lipinski definition) is 0. The highest BCUT2D eigenvalue weighted by molar-refractivity contribution is 5.73. The number of aryl methyl sites for hydroxylation is 2. The maximum atomic E-state index is 10.8. The van der Waals surface area contributed by atoms with E-state index in [2.05, 4.69) is 22.4 Å². The summed E-state index contributed by atoms with van der Waals surface area (Å²) in [7, 11) is 0. The van der Waals surface area contributed by atoms with Crippen LogP contribution >= 0.6 is 0 Å². The third-order valence-corrected chi connectivity index (χ3v) is 2.77. The van der Waals surface area contributed by atoms with Crippen molar-refractivity contribution in [2.24, 2.45) is 0 Å². The van der Waals surface area contributed by atoms with Crippen molar-refractivity contribution in [1.29, 1.82) is 0 Å². The van der Waals surface area contributed by atoms with Crippen LogP contribution in [0.15, 0.2) is 30.3 Å². The average Bonchev–Trinajstić information content (AvgIpc) is 2.79. The third kappa shape index (κ3) is 2.58. The predicted molar refractivity (Wildman–Crippen MR) is 64.9 cm³/mol. The smallest absolute Gasteiger partial charge is 0.172 e. The maximum absolute atomic E-state index is 10.8. The molecule has 0 aliphatic carbocycles. The second kappa shape index (κ2) is 5.39. The average molecular weight is 229 g/mol.